The van der Waals surface area contributed by atoms with Crippen LogP contribution in [0, 0.1) is 0 Å². The molecule has 3 aromatic rings. The predicted molar refractivity (Wildman–Crippen MR) is 107 cm³/mol. The van der Waals surface area contributed by atoms with Gasteiger partial charge in [0, 0.05) is 25.2 Å². The Morgan fingerprint density at radius 2 is 1.77 bits per heavy atom. The van der Waals surface area contributed by atoms with Crippen LogP contribution < -0.4 is 5.32 Å². The third-order valence-electron chi connectivity index (χ3n) is 4.77. The Hall–Kier alpha value is -3.16. The quantitative estimate of drug-likeness (QED) is 0.385. The number of rotatable bonds is 6. The van der Waals surface area contributed by atoms with Crippen LogP contribution in [0.25, 0.3) is 22.7 Å². The molecule has 6 nitrogen and oxygen atoms in total. The molecule has 1 aromatic carbocycles. The largest absolute Gasteiger partial charge is 0.459 e. The van der Waals surface area contributed by atoms with Crippen LogP contribution in [-0.2, 0) is 19.1 Å². The fraction of sp³-hybridized carbons (Fsp3) is 0.350. The van der Waals surface area contributed by atoms with Crippen molar-refractivity contribution in [2.75, 3.05) is 6.54 Å². The van der Waals surface area contributed by atoms with Crippen LogP contribution in [0.5, 0.6) is 0 Å². The molecule has 0 aliphatic carbocycles. The summed E-state index contributed by atoms with van der Waals surface area (Å²) in [6, 6.07) is 4.81. The molecule has 3 rings (SSSR count). The van der Waals surface area contributed by atoms with Crippen molar-refractivity contribution >= 4 is 17.5 Å². The predicted octanol–water partition coefficient (Wildman–Crippen LogP) is 6.21. The summed E-state index contributed by atoms with van der Waals surface area (Å²) in [5, 5.41) is 8.88. The van der Waals surface area contributed by atoms with Crippen molar-refractivity contribution in [1.82, 2.24) is 20.3 Å². The highest BCUT2D eigenvalue weighted by Gasteiger charge is 2.64. The number of aromatic nitrogens is 3. The van der Waals surface area contributed by atoms with Crippen LogP contribution in [0.4, 0.5) is 35.1 Å². The third-order valence-corrected chi connectivity index (χ3v) is 5.10. The summed E-state index contributed by atoms with van der Waals surface area (Å²) in [5.41, 5.74) is -6.55. The Labute approximate surface area is 196 Å². The molecule has 1 N–H and O–H groups in total. The summed E-state index contributed by atoms with van der Waals surface area (Å²) in [7, 11) is 0.757. The maximum Gasteiger partial charge on any atom is 0.459 e. The Bertz CT molecular complexity index is 1250. The monoisotopic (exact) mass is 530 g/mol. The van der Waals surface area contributed by atoms with Gasteiger partial charge in [0.05, 0.1) is 10.6 Å². The minimum atomic E-state index is -6.33. The summed E-state index contributed by atoms with van der Waals surface area (Å²) in [4.78, 5) is 12.3. The van der Waals surface area contributed by atoms with Gasteiger partial charge in [-0.05, 0) is 24.6 Å². The lowest BCUT2D eigenvalue weighted by molar-refractivity contribution is -0.292. The van der Waals surface area contributed by atoms with Crippen molar-refractivity contribution in [3.8, 4) is 22.7 Å². The Morgan fingerprint density at radius 1 is 1.11 bits per heavy atom. The number of benzene rings is 1. The molecule has 35 heavy (non-hydrogen) atoms. The summed E-state index contributed by atoms with van der Waals surface area (Å²) < 4.78 is 112. The highest BCUT2D eigenvalue weighted by molar-refractivity contribution is 6.34. The molecule has 0 spiro atoms. The fourth-order valence-corrected chi connectivity index (χ4v) is 3.35. The Morgan fingerprint density at radius 3 is 2.34 bits per heavy atom. The third kappa shape index (κ3) is 4.97. The van der Waals surface area contributed by atoms with E-state index in [1.54, 1.807) is 0 Å². The molecule has 0 fully saturated rings. The maximum atomic E-state index is 13.9. The molecule has 0 saturated carbocycles. The zero-order valence-corrected chi connectivity index (χ0v) is 18.5. The van der Waals surface area contributed by atoms with Gasteiger partial charge in [0.1, 0.15) is 17.0 Å². The first-order chi connectivity index (χ1) is 16.1. The zero-order chi connectivity index (χ0) is 26.3. The molecular weight excluding hydrogens is 516 g/mol. The molecule has 0 saturated heterocycles. The van der Waals surface area contributed by atoms with E-state index < -0.39 is 46.8 Å². The van der Waals surface area contributed by atoms with E-state index in [1.807, 2.05) is 6.92 Å². The van der Waals surface area contributed by atoms with E-state index in [9.17, 15) is 39.9 Å². The Balaban J connectivity index is 2.12. The smallest absolute Gasteiger partial charge is 0.356 e. The lowest BCUT2D eigenvalue weighted by Crippen LogP contribution is -2.36. The molecule has 2 aromatic heterocycles. The van der Waals surface area contributed by atoms with Crippen LogP contribution in [0.15, 0.2) is 28.8 Å². The molecule has 1 amide bonds. The number of amides is 1. The first-order valence-corrected chi connectivity index (χ1v) is 10.1. The van der Waals surface area contributed by atoms with Gasteiger partial charge in [-0.25, -0.2) is 0 Å². The topological polar surface area (TPSA) is 73.0 Å². The SMILES string of the molecule is CCCNC(=O)c1cc(-c2cc(-c3c(C(F)(F)F)c(C(F)(F)C(F)(F)F)nn3C)no2)ccc1Cl. The van der Waals surface area contributed by atoms with Gasteiger partial charge in [-0.2, -0.15) is 40.2 Å². The van der Waals surface area contributed by atoms with Crippen molar-refractivity contribution in [2.24, 2.45) is 7.05 Å². The molecule has 0 aliphatic rings. The molecule has 0 aliphatic heterocycles. The van der Waals surface area contributed by atoms with Gasteiger partial charge in [0.2, 0.25) is 0 Å². The average Bonchev–Trinajstić information content (AvgIpc) is 3.36. The second-order valence-electron chi connectivity index (χ2n) is 7.29. The van der Waals surface area contributed by atoms with Crippen LogP contribution in [0.1, 0.15) is 35.0 Å². The number of alkyl halides is 8. The summed E-state index contributed by atoms with van der Waals surface area (Å²) in [6.07, 6.45) is -11.3. The molecule has 190 valence electrons. The summed E-state index contributed by atoms with van der Waals surface area (Å²) >= 11 is 6.03. The molecule has 0 radical (unpaired) electrons. The van der Waals surface area contributed by atoms with Crippen molar-refractivity contribution in [3.05, 3.63) is 46.1 Å². The van der Waals surface area contributed by atoms with E-state index in [-0.39, 0.29) is 26.6 Å². The van der Waals surface area contributed by atoms with Gasteiger partial charge >= 0.3 is 18.3 Å². The van der Waals surface area contributed by atoms with Crippen molar-refractivity contribution in [1.29, 1.82) is 0 Å². The van der Waals surface area contributed by atoms with Crippen LogP contribution in [0.2, 0.25) is 5.02 Å². The van der Waals surface area contributed by atoms with Gasteiger partial charge in [-0.15, -0.1) is 0 Å². The molecule has 0 atom stereocenters. The lowest BCUT2D eigenvalue weighted by Gasteiger charge is -2.19. The number of carbonyl (C=O) groups is 1. The molecule has 2 heterocycles. The number of hydrogen-bond acceptors (Lipinski definition) is 4. The minimum Gasteiger partial charge on any atom is -0.356 e. The van der Waals surface area contributed by atoms with Crippen LogP contribution in [-0.4, -0.2) is 33.6 Å². The summed E-state index contributed by atoms with van der Waals surface area (Å²) in [5.74, 6) is -6.64. The second kappa shape index (κ2) is 9.13. The van der Waals surface area contributed by atoms with E-state index in [0.29, 0.717) is 13.0 Å². The second-order valence-corrected chi connectivity index (χ2v) is 7.70. The standard InChI is InChI=1S/C20H15ClF8N4O2/c1-3-6-30-17(34)10-7-9(4-5-11(10)21)13-8-12(32-35-13)15-14(19(24,25)26)16(31-33(15)2)18(22,23)20(27,28)29/h4-5,7-8H,3,6H2,1-2H3,(H,30,34). The first-order valence-electron chi connectivity index (χ1n) is 9.74. The number of nitrogens with one attached hydrogen (secondary N) is 1. The number of halogens is 9. The van der Waals surface area contributed by atoms with Gasteiger partial charge in [-0.3, -0.25) is 9.48 Å². The van der Waals surface area contributed by atoms with Gasteiger partial charge in [0.25, 0.3) is 5.91 Å². The van der Waals surface area contributed by atoms with Crippen LogP contribution in [0.3, 0.4) is 0 Å². The van der Waals surface area contributed by atoms with Gasteiger partial charge in [-0.1, -0.05) is 23.7 Å². The van der Waals surface area contributed by atoms with E-state index in [1.165, 1.54) is 18.2 Å². The average molecular weight is 531 g/mol. The molecule has 0 unspecified atom stereocenters. The number of nitrogens with zero attached hydrogens (tertiary/aromatic N) is 3. The van der Waals surface area contributed by atoms with Gasteiger partial charge in [0.15, 0.2) is 11.5 Å². The summed E-state index contributed by atoms with van der Waals surface area (Å²) in [6.45, 7) is 2.16. The number of carbonyl (C=O) groups excluding carboxylic acids is 1. The van der Waals surface area contributed by atoms with E-state index in [2.05, 4.69) is 15.6 Å². The zero-order valence-electron chi connectivity index (χ0n) is 17.8. The van der Waals surface area contributed by atoms with E-state index in [4.69, 9.17) is 16.1 Å². The van der Waals surface area contributed by atoms with Crippen molar-refractivity contribution in [2.45, 2.75) is 31.6 Å². The molecular formula is C20H15ClF8N4O2. The lowest BCUT2D eigenvalue weighted by atomic mass is 10.0. The maximum absolute atomic E-state index is 13.9. The number of aryl methyl sites for hydroxylation is 1. The molecule has 0 bridgehead atoms. The minimum absolute atomic E-state index is 0.0131. The van der Waals surface area contributed by atoms with Crippen LogP contribution >= 0.6 is 11.6 Å². The highest BCUT2D eigenvalue weighted by atomic mass is 35.5. The van der Waals surface area contributed by atoms with E-state index in [0.717, 1.165) is 13.1 Å². The number of hydrogen-bond donors (Lipinski definition) is 1. The first kappa shape index (κ1) is 26.4. The van der Waals surface area contributed by atoms with Gasteiger partial charge < -0.3 is 9.84 Å². The highest BCUT2D eigenvalue weighted by Crippen LogP contribution is 2.50. The molecule has 15 heteroatoms. The van der Waals surface area contributed by atoms with E-state index >= 15 is 0 Å². The van der Waals surface area contributed by atoms with Crippen molar-refractivity contribution in [3.63, 3.8) is 0 Å². The fourth-order valence-electron chi connectivity index (χ4n) is 3.15. The van der Waals surface area contributed by atoms with Crippen molar-refractivity contribution < 1.29 is 44.4 Å². The Kier molecular flexibility index (Phi) is 6.90. The normalized spacial score (nSPS) is 12.8.